The second-order valence-electron chi connectivity index (χ2n) is 12.5. The summed E-state index contributed by atoms with van der Waals surface area (Å²) in [6.07, 6.45) is 4.69. The molecule has 2 amide bonds. The summed E-state index contributed by atoms with van der Waals surface area (Å²) in [6, 6.07) is 7.36. The molecule has 1 fully saturated rings. The molecule has 230 valence electrons. The zero-order valence-corrected chi connectivity index (χ0v) is 26.4. The van der Waals surface area contributed by atoms with Crippen LogP contribution in [0, 0.1) is 0 Å². The number of likely N-dealkylation sites (N-methyl/N-ethyl adjacent to an activating group) is 1. The lowest BCUT2D eigenvalue weighted by Crippen LogP contribution is -2.65. The minimum atomic E-state index is -3.61. The van der Waals surface area contributed by atoms with Gasteiger partial charge in [0.15, 0.2) is 0 Å². The van der Waals surface area contributed by atoms with Crippen LogP contribution in [0.25, 0.3) is 22.0 Å². The lowest BCUT2D eigenvalue weighted by atomic mass is 9.73. The number of hydrogen-bond donors (Lipinski definition) is 1. The number of carbonyl (C=O) groups is 2. The molecule has 2 aliphatic heterocycles. The Morgan fingerprint density at radius 2 is 1.84 bits per heavy atom. The molecule has 3 aromatic rings. The van der Waals surface area contributed by atoms with E-state index in [0.717, 1.165) is 35.7 Å². The number of amides is 2. The first-order chi connectivity index (χ1) is 20.1. The fraction of sp³-hybridized carbons (Fsp3) is 0.467. The molecule has 43 heavy (non-hydrogen) atoms. The number of pyridine rings is 2. The van der Waals surface area contributed by atoms with Crippen LogP contribution < -0.4 is 14.4 Å². The normalized spacial score (nSPS) is 16.0. The highest BCUT2D eigenvalue weighted by molar-refractivity contribution is 7.92. The van der Waals surface area contributed by atoms with Crippen molar-refractivity contribution in [1.82, 2.24) is 19.8 Å². The van der Waals surface area contributed by atoms with Gasteiger partial charge in [-0.2, -0.15) is 0 Å². The third-order valence-electron chi connectivity index (χ3n) is 7.44. The molecule has 1 N–H and O–H groups in total. The van der Waals surface area contributed by atoms with E-state index in [1.54, 1.807) is 56.1 Å². The van der Waals surface area contributed by atoms with Crippen molar-refractivity contribution in [2.24, 2.45) is 0 Å². The van der Waals surface area contributed by atoms with E-state index in [4.69, 9.17) is 9.47 Å². The highest BCUT2D eigenvalue weighted by atomic mass is 32.2. The average molecular weight is 611 g/mol. The summed E-state index contributed by atoms with van der Waals surface area (Å²) in [7, 11) is 2.05. The standard InChI is InChI=1S/C30H38N6O6S/c1-29(2,3)42-28(38)36-17-30(18-36)25-21-13-19(9-10-22(21)31-16-24(25)35(6)27(30)37)20-14-23(33-43(7,39)40)26(32-15-20)41-12-8-11-34(4)5/h9-10,13-16,33H,8,11-12,17-18H2,1-7H3. The van der Waals surface area contributed by atoms with Gasteiger partial charge in [0.05, 0.1) is 30.3 Å². The molecule has 1 saturated heterocycles. The molecular weight excluding hydrogens is 572 g/mol. The molecule has 1 spiro atoms. The zero-order chi connectivity index (χ0) is 31.3. The summed E-state index contributed by atoms with van der Waals surface area (Å²) >= 11 is 0. The number of sulfonamides is 1. The summed E-state index contributed by atoms with van der Waals surface area (Å²) in [5.74, 6) is 0.0956. The van der Waals surface area contributed by atoms with Gasteiger partial charge in [-0.15, -0.1) is 0 Å². The first kappa shape index (κ1) is 30.5. The third-order valence-corrected chi connectivity index (χ3v) is 8.03. The molecule has 13 heteroatoms. The Bertz CT molecular complexity index is 1700. The van der Waals surface area contributed by atoms with Crippen LogP contribution in [-0.2, 0) is 25.0 Å². The fourth-order valence-corrected chi connectivity index (χ4v) is 6.10. The van der Waals surface area contributed by atoms with Crippen LogP contribution in [0.3, 0.4) is 0 Å². The molecule has 0 unspecified atom stereocenters. The van der Waals surface area contributed by atoms with E-state index in [0.29, 0.717) is 23.4 Å². The summed E-state index contributed by atoms with van der Waals surface area (Å²) in [6.45, 7) is 7.01. The molecule has 2 aliphatic rings. The van der Waals surface area contributed by atoms with Gasteiger partial charge in [-0.1, -0.05) is 6.07 Å². The van der Waals surface area contributed by atoms with E-state index >= 15 is 0 Å². The van der Waals surface area contributed by atoms with Gasteiger partial charge in [-0.3, -0.25) is 14.5 Å². The third kappa shape index (κ3) is 6.09. The van der Waals surface area contributed by atoms with Crippen LogP contribution in [0.2, 0.25) is 0 Å². The highest BCUT2D eigenvalue weighted by Crippen LogP contribution is 2.50. The van der Waals surface area contributed by atoms with Crippen molar-refractivity contribution in [3.8, 4) is 17.0 Å². The van der Waals surface area contributed by atoms with E-state index < -0.39 is 27.1 Å². The number of nitrogens with one attached hydrogen (secondary N) is 1. The van der Waals surface area contributed by atoms with Gasteiger partial charge in [0, 0.05) is 49.4 Å². The van der Waals surface area contributed by atoms with Crippen molar-refractivity contribution in [1.29, 1.82) is 0 Å². The van der Waals surface area contributed by atoms with Crippen molar-refractivity contribution in [2.75, 3.05) is 63.3 Å². The van der Waals surface area contributed by atoms with E-state index in [-0.39, 0.29) is 30.6 Å². The Morgan fingerprint density at radius 3 is 2.49 bits per heavy atom. The maximum atomic E-state index is 13.6. The Kier molecular flexibility index (Phi) is 7.76. The number of anilines is 2. The number of hydrogen-bond acceptors (Lipinski definition) is 9. The van der Waals surface area contributed by atoms with Gasteiger partial charge < -0.3 is 24.2 Å². The molecule has 0 radical (unpaired) electrons. The molecule has 12 nitrogen and oxygen atoms in total. The van der Waals surface area contributed by atoms with Crippen molar-refractivity contribution in [3.63, 3.8) is 0 Å². The second-order valence-corrected chi connectivity index (χ2v) is 14.2. The summed E-state index contributed by atoms with van der Waals surface area (Å²) in [5.41, 5.74) is 2.29. The van der Waals surface area contributed by atoms with Crippen LogP contribution in [0.5, 0.6) is 5.88 Å². The lowest BCUT2D eigenvalue weighted by Gasteiger charge is -2.46. The molecule has 5 rings (SSSR count). The van der Waals surface area contributed by atoms with Crippen molar-refractivity contribution >= 4 is 44.3 Å². The molecular formula is C30H38N6O6S. The van der Waals surface area contributed by atoms with Crippen LogP contribution >= 0.6 is 0 Å². The number of ether oxygens (including phenoxy) is 2. The first-order valence-corrected chi connectivity index (χ1v) is 15.9. The van der Waals surface area contributed by atoms with Crippen LogP contribution in [-0.4, -0.2) is 99.4 Å². The minimum Gasteiger partial charge on any atom is -0.476 e. The van der Waals surface area contributed by atoms with Gasteiger partial charge in [0.2, 0.25) is 21.8 Å². The van der Waals surface area contributed by atoms with Crippen LogP contribution in [0.1, 0.15) is 32.8 Å². The van der Waals surface area contributed by atoms with Gasteiger partial charge in [-0.25, -0.2) is 18.2 Å². The predicted molar refractivity (Wildman–Crippen MR) is 165 cm³/mol. The predicted octanol–water partition coefficient (Wildman–Crippen LogP) is 3.46. The molecule has 2 aromatic heterocycles. The monoisotopic (exact) mass is 610 g/mol. The summed E-state index contributed by atoms with van der Waals surface area (Å²) < 4.78 is 38.2. The summed E-state index contributed by atoms with van der Waals surface area (Å²) in [4.78, 5) is 40.6. The molecule has 0 bridgehead atoms. The highest BCUT2D eigenvalue weighted by Gasteiger charge is 2.60. The maximum absolute atomic E-state index is 13.6. The zero-order valence-electron chi connectivity index (χ0n) is 25.6. The number of likely N-dealkylation sites (tertiary alicyclic amines) is 1. The first-order valence-electron chi connectivity index (χ1n) is 14.0. The van der Waals surface area contributed by atoms with E-state index in [9.17, 15) is 18.0 Å². The fourth-order valence-electron chi connectivity index (χ4n) is 5.56. The smallest absolute Gasteiger partial charge is 0.410 e. The minimum absolute atomic E-state index is 0.0981. The van der Waals surface area contributed by atoms with E-state index in [1.165, 1.54) is 0 Å². The van der Waals surface area contributed by atoms with Crippen LogP contribution in [0.4, 0.5) is 16.2 Å². The van der Waals surface area contributed by atoms with E-state index in [2.05, 4.69) is 14.7 Å². The van der Waals surface area contributed by atoms with Gasteiger partial charge in [0.1, 0.15) is 16.7 Å². The molecule has 4 heterocycles. The Balaban J connectivity index is 1.52. The van der Waals surface area contributed by atoms with E-state index in [1.807, 2.05) is 37.2 Å². The van der Waals surface area contributed by atoms with Gasteiger partial charge >= 0.3 is 6.09 Å². The Hall–Kier alpha value is -3.97. The topological polar surface area (TPSA) is 134 Å². The van der Waals surface area contributed by atoms with Crippen LogP contribution in [0.15, 0.2) is 36.7 Å². The number of aromatic nitrogens is 2. The Morgan fingerprint density at radius 1 is 1.12 bits per heavy atom. The number of fused-ring (bicyclic) bond motifs is 4. The Labute approximate surface area is 252 Å². The van der Waals surface area contributed by atoms with Crippen molar-refractivity contribution < 1.29 is 27.5 Å². The van der Waals surface area contributed by atoms with Crippen molar-refractivity contribution in [3.05, 3.63) is 42.2 Å². The van der Waals surface area contributed by atoms with Crippen molar-refractivity contribution in [2.45, 2.75) is 38.2 Å². The molecule has 0 aliphatic carbocycles. The molecule has 0 atom stereocenters. The maximum Gasteiger partial charge on any atom is 0.410 e. The quantitative estimate of drug-likeness (QED) is 0.381. The number of nitrogens with zero attached hydrogens (tertiary/aromatic N) is 5. The summed E-state index contributed by atoms with van der Waals surface area (Å²) in [5, 5.41) is 0.776. The molecule has 1 aromatic carbocycles. The average Bonchev–Trinajstić information content (AvgIpc) is 3.11. The lowest BCUT2D eigenvalue weighted by molar-refractivity contribution is -0.128. The van der Waals surface area contributed by atoms with Gasteiger partial charge in [0.25, 0.3) is 0 Å². The SMILES string of the molecule is CN(C)CCCOc1ncc(-c2ccc3ncc4c(c3c2)C2(CN(C(=O)OC(C)(C)C)C2)C(=O)N4C)cc1NS(C)(=O)=O. The second kappa shape index (κ2) is 10.9. The number of carbonyl (C=O) groups excluding carboxylic acids is 2. The van der Waals surface area contributed by atoms with Gasteiger partial charge in [-0.05, 0) is 65.0 Å². The molecule has 0 saturated carbocycles. The largest absolute Gasteiger partial charge is 0.476 e. The number of rotatable bonds is 8. The number of benzene rings is 1.